The number of hydrogen-bond donors (Lipinski definition) is 0. The molecule has 0 heterocycles. The zero-order valence-electron chi connectivity index (χ0n) is 12.4. The second-order valence-electron chi connectivity index (χ2n) is 5.32. The summed E-state index contributed by atoms with van der Waals surface area (Å²) in [5.74, 6) is 1.01. The summed E-state index contributed by atoms with van der Waals surface area (Å²) < 4.78 is 0. The summed E-state index contributed by atoms with van der Waals surface area (Å²) in [5.41, 5.74) is 3.17. The summed E-state index contributed by atoms with van der Waals surface area (Å²) >= 11 is 0. The lowest BCUT2D eigenvalue weighted by Crippen LogP contribution is -2.21. The average Bonchev–Trinajstić information content (AvgIpc) is 2.36. The topological polar surface area (TPSA) is 3.24 Å². The largest absolute Gasteiger partial charge is 0.319 e. The quantitative estimate of drug-likeness (QED) is 0.590. The van der Waals surface area contributed by atoms with E-state index >= 15 is 0 Å². The predicted octanol–water partition coefficient (Wildman–Crippen LogP) is 5.39. The van der Waals surface area contributed by atoms with Crippen LogP contribution in [0.25, 0.3) is 0 Å². The van der Waals surface area contributed by atoms with Crippen LogP contribution in [0.4, 0.5) is 5.69 Å². The molecule has 1 heteroatoms. The van der Waals surface area contributed by atoms with Gasteiger partial charge >= 0.3 is 0 Å². The number of anilines is 1. The Labute approximate surface area is 118 Å². The van der Waals surface area contributed by atoms with Crippen LogP contribution in [-0.4, -0.2) is 0 Å². The molecular weight excluding hydrogens is 230 g/mol. The van der Waals surface area contributed by atoms with Crippen LogP contribution in [0.3, 0.4) is 0 Å². The van der Waals surface area contributed by atoms with Crippen molar-refractivity contribution < 1.29 is 0 Å². The van der Waals surface area contributed by atoms with Gasteiger partial charge in [-0.25, -0.2) is 0 Å². The van der Waals surface area contributed by atoms with E-state index in [1.807, 2.05) is 31.2 Å². The lowest BCUT2D eigenvalue weighted by Gasteiger charge is -2.29. The molecule has 102 valence electrons. The van der Waals surface area contributed by atoms with Crippen molar-refractivity contribution in [1.82, 2.24) is 0 Å². The molecule has 0 amide bonds. The van der Waals surface area contributed by atoms with E-state index in [1.165, 1.54) is 0 Å². The Morgan fingerprint density at radius 2 is 1.79 bits per heavy atom. The fourth-order valence-electron chi connectivity index (χ4n) is 2.20. The molecule has 0 saturated heterocycles. The molecule has 1 aromatic carbocycles. The van der Waals surface area contributed by atoms with Crippen molar-refractivity contribution in [3.05, 3.63) is 67.5 Å². The van der Waals surface area contributed by atoms with Crippen LogP contribution in [0.15, 0.2) is 67.5 Å². The highest BCUT2D eigenvalue weighted by molar-refractivity contribution is 5.56. The molecule has 0 saturated carbocycles. The lowest BCUT2D eigenvalue weighted by atomic mass is 9.91. The van der Waals surface area contributed by atoms with Gasteiger partial charge in [-0.2, -0.15) is 0 Å². The van der Waals surface area contributed by atoms with Gasteiger partial charge in [0, 0.05) is 17.1 Å². The van der Waals surface area contributed by atoms with Gasteiger partial charge in [0.15, 0.2) is 0 Å². The standard InChI is InChI=1S/C18H25N/c1-7-17(14(2)3)13-16(6)19(15(4)5)18-11-9-8-10-12-18/h7-12,14,17H,1,4,6,13H2,2-3,5H3. The van der Waals surface area contributed by atoms with Gasteiger partial charge in [-0.15, -0.1) is 6.58 Å². The smallest absolute Gasteiger partial charge is 0.0454 e. The maximum atomic E-state index is 4.24. The molecule has 0 fully saturated rings. The number of benzene rings is 1. The maximum Gasteiger partial charge on any atom is 0.0454 e. The summed E-state index contributed by atoms with van der Waals surface area (Å²) in [6.07, 6.45) is 2.93. The molecule has 0 aliphatic carbocycles. The minimum atomic E-state index is 0.443. The molecule has 1 aromatic rings. The molecular formula is C18H25N. The summed E-state index contributed by atoms with van der Waals surface area (Å²) in [6.45, 7) is 18.7. The number of allylic oxidation sites excluding steroid dienone is 3. The van der Waals surface area contributed by atoms with Gasteiger partial charge in [-0.1, -0.05) is 51.3 Å². The zero-order valence-corrected chi connectivity index (χ0v) is 12.4. The third-order valence-electron chi connectivity index (χ3n) is 3.34. The van der Waals surface area contributed by atoms with Crippen molar-refractivity contribution >= 4 is 5.69 Å². The van der Waals surface area contributed by atoms with Crippen LogP contribution in [0.1, 0.15) is 27.2 Å². The lowest BCUT2D eigenvalue weighted by molar-refractivity contribution is 0.460. The van der Waals surface area contributed by atoms with Crippen LogP contribution in [0.2, 0.25) is 0 Å². The van der Waals surface area contributed by atoms with E-state index in [0.717, 1.165) is 23.5 Å². The van der Waals surface area contributed by atoms with Gasteiger partial charge in [0.25, 0.3) is 0 Å². The number of hydrogen-bond acceptors (Lipinski definition) is 1. The first-order valence-corrected chi connectivity index (χ1v) is 6.78. The Kier molecular flexibility index (Phi) is 5.62. The van der Waals surface area contributed by atoms with Crippen LogP contribution >= 0.6 is 0 Å². The molecule has 1 nitrogen and oxygen atoms in total. The molecule has 0 spiro atoms. The number of rotatable bonds is 7. The third kappa shape index (κ3) is 4.13. The molecule has 0 aromatic heterocycles. The molecule has 1 rings (SSSR count). The van der Waals surface area contributed by atoms with E-state index in [0.29, 0.717) is 11.8 Å². The first kappa shape index (κ1) is 15.3. The molecule has 0 bridgehead atoms. The second-order valence-corrected chi connectivity index (χ2v) is 5.32. The molecule has 19 heavy (non-hydrogen) atoms. The van der Waals surface area contributed by atoms with E-state index in [2.05, 4.69) is 50.6 Å². The summed E-state index contributed by atoms with van der Waals surface area (Å²) in [4.78, 5) is 2.12. The Morgan fingerprint density at radius 3 is 2.21 bits per heavy atom. The van der Waals surface area contributed by atoms with Crippen molar-refractivity contribution in [2.24, 2.45) is 11.8 Å². The first-order valence-electron chi connectivity index (χ1n) is 6.78. The van der Waals surface area contributed by atoms with Gasteiger partial charge in [-0.05, 0) is 37.3 Å². The Hall–Kier alpha value is -1.76. The van der Waals surface area contributed by atoms with Crippen molar-refractivity contribution in [3.63, 3.8) is 0 Å². The highest BCUT2D eigenvalue weighted by Crippen LogP contribution is 2.28. The first-order chi connectivity index (χ1) is 8.97. The second kappa shape index (κ2) is 6.98. The summed E-state index contributed by atoms with van der Waals surface area (Å²) in [7, 11) is 0. The Morgan fingerprint density at radius 1 is 1.21 bits per heavy atom. The van der Waals surface area contributed by atoms with E-state index in [4.69, 9.17) is 0 Å². The summed E-state index contributed by atoms with van der Waals surface area (Å²) in [6, 6.07) is 10.2. The van der Waals surface area contributed by atoms with Crippen molar-refractivity contribution in [3.8, 4) is 0 Å². The fourth-order valence-corrected chi connectivity index (χ4v) is 2.20. The normalized spacial score (nSPS) is 12.0. The van der Waals surface area contributed by atoms with Gasteiger partial charge in [0.05, 0.1) is 0 Å². The molecule has 0 aliphatic heterocycles. The van der Waals surface area contributed by atoms with Crippen molar-refractivity contribution in [2.75, 3.05) is 4.90 Å². The SMILES string of the molecule is C=CC(CC(=C)N(C(=C)C)c1ccccc1)C(C)C. The van der Waals surface area contributed by atoms with Gasteiger partial charge in [0.1, 0.15) is 0 Å². The minimum Gasteiger partial charge on any atom is -0.319 e. The van der Waals surface area contributed by atoms with Crippen molar-refractivity contribution in [2.45, 2.75) is 27.2 Å². The highest BCUT2D eigenvalue weighted by atomic mass is 15.1. The fraction of sp³-hybridized carbons (Fsp3) is 0.333. The number of nitrogens with zero attached hydrogens (tertiary/aromatic N) is 1. The third-order valence-corrected chi connectivity index (χ3v) is 3.34. The molecule has 1 unspecified atom stereocenters. The predicted molar refractivity (Wildman–Crippen MR) is 86.0 cm³/mol. The zero-order chi connectivity index (χ0) is 14.4. The molecule has 0 radical (unpaired) electrons. The van der Waals surface area contributed by atoms with Crippen LogP contribution < -0.4 is 4.90 Å². The van der Waals surface area contributed by atoms with Gasteiger partial charge in [-0.3, -0.25) is 0 Å². The summed E-state index contributed by atoms with van der Waals surface area (Å²) in [5, 5.41) is 0. The van der Waals surface area contributed by atoms with Crippen molar-refractivity contribution in [1.29, 1.82) is 0 Å². The van der Waals surface area contributed by atoms with Crippen LogP contribution in [-0.2, 0) is 0 Å². The Bertz CT molecular complexity index is 442. The van der Waals surface area contributed by atoms with E-state index in [-0.39, 0.29) is 0 Å². The van der Waals surface area contributed by atoms with E-state index < -0.39 is 0 Å². The van der Waals surface area contributed by atoms with Gasteiger partial charge < -0.3 is 4.90 Å². The molecule has 0 N–H and O–H groups in total. The average molecular weight is 255 g/mol. The van der Waals surface area contributed by atoms with E-state index in [1.54, 1.807) is 0 Å². The maximum absolute atomic E-state index is 4.24. The highest BCUT2D eigenvalue weighted by Gasteiger charge is 2.16. The molecule has 1 atom stereocenters. The minimum absolute atomic E-state index is 0.443. The Balaban J connectivity index is 2.92. The van der Waals surface area contributed by atoms with Gasteiger partial charge in [0.2, 0.25) is 0 Å². The van der Waals surface area contributed by atoms with Crippen LogP contribution in [0.5, 0.6) is 0 Å². The monoisotopic (exact) mass is 255 g/mol. The van der Waals surface area contributed by atoms with Crippen LogP contribution in [0, 0.1) is 11.8 Å². The van der Waals surface area contributed by atoms with E-state index in [9.17, 15) is 0 Å². The molecule has 0 aliphatic rings. The number of para-hydroxylation sites is 1.